The number of ketones is 1. The summed E-state index contributed by atoms with van der Waals surface area (Å²) in [6.07, 6.45) is 2.04. The number of Topliss-reactive ketones (excluding diaryl/α,β-unsaturated/α-hetero) is 1. The molecular weight excluding hydrogens is 466 g/mol. The van der Waals surface area contributed by atoms with Gasteiger partial charge in [0.25, 0.3) is 0 Å². The van der Waals surface area contributed by atoms with Crippen LogP contribution in [0.15, 0.2) is 47.7 Å². The number of nitrogens with zero attached hydrogens (tertiary/aromatic N) is 3. The maximum absolute atomic E-state index is 12.9. The Bertz CT molecular complexity index is 1230. The molecule has 3 aromatic rings. The third-order valence-corrected chi connectivity index (χ3v) is 6.60. The number of anilines is 1. The monoisotopic (exact) mass is 478 g/mol. The highest BCUT2D eigenvalue weighted by molar-refractivity contribution is 6.42. The molecular formula is C21H14Cl4N4O. The van der Waals surface area contributed by atoms with Gasteiger partial charge in [-0.15, -0.1) is 5.10 Å². The number of aromatic nitrogens is 3. The number of hydrogen-bond acceptors (Lipinski definition) is 4. The van der Waals surface area contributed by atoms with Crippen LogP contribution in [0.1, 0.15) is 30.9 Å². The lowest BCUT2D eigenvalue weighted by atomic mass is 9.85. The van der Waals surface area contributed by atoms with Crippen LogP contribution in [-0.4, -0.2) is 20.5 Å². The molecule has 0 amide bonds. The minimum atomic E-state index is -0.488. The predicted molar refractivity (Wildman–Crippen MR) is 120 cm³/mol. The van der Waals surface area contributed by atoms with E-state index in [-0.39, 0.29) is 5.78 Å². The molecule has 1 atom stereocenters. The Morgan fingerprint density at radius 2 is 1.80 bits per heavy atom. The molecule has 2 heterocycles. The molecule has 30 heavy (non-hydrogen) atoms. The molecule has 1 aliphatic carbocycles. The number of rotatable bonds is 2. The molecule has 0 saturated carbocycles. The van der Waals surface area contributed by atoms with Gasteiger partial charge in [-0.3, -0.25) is 4.79 Å². The normalized spacial score (nSPS) is 18.1. The summed E-state index contributed by atoms with van der Waals surface area (Å²) in [4.78, 5) is 17.6. The molecule has 5 rings (SSSR count). The smallest absolute Gasteiger partial charge is 0.226 e. The second-order valence-electron chi connectivity index (χ2n) is 7.19. The van der Waals surface area contributed by atoms with Gasteiger partial charge >= 0.3 is 0 Å². The first-order chi connectivity index (χ1) is 14.4. The molecule has 0 bridgehead atoms. The summed E-state index contributed by atoms with van der Waals surface area (Å²) >= 11 is 24.9. The Kier molecular flexibility index (Phi) is 5.02. The minimum absolute atomic E-state index is 0.0806. The number of nitrogens with one attached hydrogen (secondary N) is 1. The van der Waals surface area contributed by atoms with Crippen LogP contribution >= 0.6 is 46.4 Å². The second kappa shape index (κ2) is 7.57. The molecule has 0 saturated heterocycles. The first-order valence-electron chi connectivity index (χ1n) is 9.32. The number of allylic oxidation sites excluding steroid dienone is 2. The highest BCUT2D eigenvalue weighted by Gasteiger charge is 2.37. The molecule has 0 spiro atoms. The van der Waals surface area contributed by atoms with Gasteiger partial charge in [-0.1, -0.05) is 52.5 Å². The van der Waals surface area contributed by atoms with Crippen molar-refractivity contribution in [2.45, 2.75) is 25.3 Å². The summed E-state index contributed by atoms with van der Waals surface area (Å²) in [5.74, 6) is 1.09. The Morgan fingerprint density at radius 3 is 2.57 bits per heavy atom. The van der Waals surface area contributed by atoms with Crippen molar-refractivity contribution in [2.75, 3.05) is 5.32 Å². The van der Waals surface area contributed by atoms with Gasteiger partial charge in [0, 0.05) is 38.9 Å². The van der Waals surface area contributed by atoms with E-state index in [1.54, 1.807) is 35.0 Å². The number of carbonyl (C=O) groups is 1. The van der Waals surface area contributed by atoms with Crippen LogP contribution in [0.2, 0.25) is 20.1 Å². The third kappa shape index (κ3) is 3.30. The Morgan fingerprint density at radius 1 is 0.967 bits per heavy atom. The van der Waals surface area contributed by atoms with E-state index >= 15 is 0 Å². The fraction of sp³-hybridized carbons (Fsp3) is 0.190. The summed E-state index contributed by atoms with van der Waals surface area (Å²) in [6, 6.07) is 9.99. The van der Waals surface area contributed by atoms with Gasteiger partial charge < -0.3 is 5.32 Å². The molecule has 1 N–H and O–H groups in total. The van der Waals surface area contributed by atoms with Crippen molar-refractivity contribution < 1.29 is 4.79 Å². The number of fused-ring (bicyclic) bond motifs is 1. The first kappa shape index (κ1) is 19.9. The number of carbonyl (C=O) groups excluding carboxylic acids is 1. The lowest BCUT2D eigenvalue weighted by Gasteiger charge is -2.32. The Balaban J connectivity index is 1.69. The van der Waals surface area contributed by atoms with Crippen LogP contribution in [0.4, 0.5) is 5.95 Å². The van der Waals surface area contributed by atoms with Gasteiger partial charge in [-0.05, 0) is 43.2 Å². The maximum Gasteiger partial charge on any atom is 0.226 e. The quantitative estimate of drug-likeness (QED) is 0.450. The van der Waals surface area contributed by atoms with Crippen molar-refractivity contribution in [3.05, 3.63) is 73.3 Å². The SMILES string of the molecule is O=C1CCCC2=C1C(c1ccc(Cl)cc1Cl)n1nc(-c3ccc(Cl)c(Cl)c3)nc1N2. The van der Waals surface area contributed by atoms with Crippen LogP contribution in [0, 0.1) is 0 Å². The molecule has 1 aromatic heterocycles. The molecule has 0 radical (unpaired) electrons. The van der Waals surface area contributed by atoms with Crippen molar-refractivity contribution in [1.82, 2.24) is 14.8 Å². The zero-order valence-electron chi connectivity index (χ0n) is 15.4. The van der Waals surface area contributed by atoms with Crippen LogP contribution in [0.3, 0.4) is 0 Å². The predicted octanol–water partition coefficient (Wildman–Crippen LogP) is 6.58. The van der Waals surface area contributed by atoms with Crippen molar-refractivity contribution >= 4 is 58.1 Å². The van der Waals surface area contributed by atoms with E-state index in [1.165, 1.54) is 0 Å². The van der Waals surface area contributed by atoms with Crippen molar-refractivity contribution in [1.29, 1.82) is 0 Å². The summed E-state index contributed by atoms with van der Waals surface area (Å²) in [6.45, 7) is 0. The molecule has 5 nitrogen and oxygen atoms in total. The molecule has 2 aromatic carbocycles. The van der Waals surface area contributed by atoms with Gasteiger partial charge in [0.15, 0.2) is 11.6 Å². The van der Waals surface area contributed by atoms with E-state index in [0.717, 1.165) is 29.7 Å². The van der Waals surface area contributed by atoms with Crippen molar-refractivity contribution in [3.63, 3.8) is 0 Å². The zero-order chi connectivity index (χ0) is 21.0. The fourth-order valence-corrected chi connectivity index (χ4v) is 4.73. The van der Waals surface area contributed by atoms with Gasteiger partial charge in [0.2, 0.25) is 5.95 Å². The highest BCUT2D eigenvalue weighted by Crippen LogP contribution is 2.43. The largest absolute Gasteiger partial charge is 0.328 e. The van der Waals surface area contributed by atoms with Crippen LogP contribution in [-0.2, 0) is 4.79 Å². The standard InChI is InChI=1S/C21H14Cl4N4O/c22-11-5-6-12(14(24)9-11)19-18-16(2-1-3-17(18)30)26-21-27-20(28-29(19)21)10-4-7-13(23)15(25)8-10/h4-9,19H,1-3H2,(H,26,27,28). The van der Waals surface area contributed by atoms with Crippen LogP contribution < -0.4 is 5.32 Å². The van der Waals surface area contributed by atoms with Gasteiger partial charge in [-0.2, -0.15) is 4.98 Å². The molecule has 152 valence electrons. The van der Waals surface area contributed by atoms with Crippen molar-refractivity contribution in [3.8, 4) is 11.4 Å². The Hall–Kier alpha value is -2.05. The molecule has 2 aliphatic rings. The fourth-order valence-electron chi connectivity index (χ4n) is 3.92. The molecule has 0 fully saturated rings. The second-order valence-corrected chi connectivity index (χ2v) is 8.85. The zero-order valence-corrected chi connectivity index (χ0v) is 18.4. The van der Waals surface area contributed by atoms with Gasteiger partial charge in [0.05, 0.1) is 10.0 Å². The van der Waals surface area contributed by atoms with Gasteiger partial charge in [-0.25, -0.2) is 4.68 Å². The van der Waals surface area contributed by atoms with E-state index < -0.39 is 6.04 Å². The van der Waals surface area contributed by atoms with Crippen LogP contribution in [0.5, 0.6) is 0 Å². The number of hydrogen-bond donors (Lipinski definition) is 1. The maximum atomic E-state index is 12.9. The lowest BCUT2D eigenvalue weighted by molar-refractivity contribution is -0.116. The van der Waals surface area contributed by atoms with E-state index in [2.05, 4.69) is 10.3 Å². The van der Waals surface area contributed by atoms with Crippen molar-refractivity contribution in [2.24, 2.45) is 0 Å². The topological polar surface area (TPSA) is 59.8 Å². The number of halogens is 4. The van der Waals surface area contributed by atoms with Gasteiger partial charge in [0.1, 0.15) is 6.04 Å². The first-order valence-corrected chi connectivity index (χ1v) is 10.8. The average molecular weight is 480 g/mol. The number of benzene rings is 2. The molecule has 1 unspecified atom stereocenters. The Labute approximate surface area is 192 Å². The summed E-state index contributed by atoms with van der Waals surface area (Å²) in [7, 11) is 0. The van der Waals surface area contributed by atoms with E-state index in [9.17, 15) is 4.79 Å². The van der Waals surface area contributed by atoms with Crippen LogP contribution in [0.25, 0.3) is 11.4 Å². The molecule has 1 aliphatic heterocycles. The molecule has 9 heteroatoms. The van der Waals surface area contributed by atoms with E-state index in [4.69, 9.17) is 51.5 Å². The van der Waals surface area contributed by atoms with E-state index in [1.807, 2.05) is 6.07 Å². The summed E-state index contributed by atoms with van der Waals surface area (Å²) < 4.78 is 1.70. The minimum Gasteiger partial charge on any atom is -0.328 e. The lowest BCUT2D eigenvalue weighted by Crippen LogP contribution is -2.31. The third-order valence-electron chi connectivity index (χ3n) is 5.30. The average Bonchev–Trinajstić information content (AvgIpc) is 3.13. The summed E-state index contributed by atoms with van der Waals surface area (Å²) in [5.41, 5.74) is 3.00. The highest BCUT2D eigenvalue weighted by atomic mass is 35.5. The van der Waals surface area contributed by atoms with E-state index in [0.29, 0.717) is 43.9 Å². The summed E-state index contributed by atoms with van der Waals surface area (Å²) in [5, 5.41) is 9.86.